The van der Waals surface area contributed by atoms with Crippen LogP contribution in [-0.2, 0) is 4.74 Å². The van der Waals surface area contributed by atoms with E-state index in [4.69, 9.17) is 4.74 Å². The standard InChI is InChI=1S/C20H30N2O2/c1-20(2,3)22-19(23)24-16-11-9-15(10-12-16)21-18-13-17(18)14-7-5-4-6-8-14/h4-8,15-18,21H,9-13H2,1-3H3,(H,22,23). The van der Waals surface area contributed by atoms with Gasteiger partial charge in [-0.1, -0.05) is 30.3 Å². The van der Waals surface area contributed by atoms with Crippen molar-refractivity contribution >= 4 is 6.09 Å². The van der Waals surface area contributed by atoms with Crippen LogP contribution >= 0.6 is 0 Å². The number of hydrogen-bond acceptors (Lipinski definition) is 3. The van der Waals surface area contributed by atoms with E-state index in [1.165, 1.54) is 12.0 Å². The molecule has 2 N–H and O–H groups in total. The van der Waals surface area contributed by atoms with E-state index in [1.54, 1.807) is 0 Å². The Kier molecular flexibility index (Phi) is 5.14. The summed E-state index contributed by atoms with van der Waals surface area (Å²) < 4.78 is 5.55. The normalized spacial score (nSPS) is 29.8. The van der Waals surface area contributed by atoms with E-state index >= 15 is 0 Å². The van der Waals surface area contributed by atoms with Gasteiger partial charge < -0.3 is 15.4 Å². The van der Waals surface area contributed by atoms with Crippen molar-refractivity contribution in [1.29, 1.82) is 0 Å². The number of hydrogen-bond donors (Lipinski definition) is 2. The van der Waals surface area contributed by atoms with Gasteiger partial charge in [0.25, 0.3) is 0 Å². The first-order chi connectivity index (χ1) is 11.4. The molecule has 4 nitrogen and oxygen atoms in total. The van der Waals surface area contributed by atoms with E-state index in [1.807, 2.05) is 20.8 Å². The Morgan fingerprint density at radius 1 is 1.08 bits per heavy atom. The Morgan fingerprint density at radius 2 is 1.75 bits per heavy atom. The number of carbonyl (C=O) groups is 1. The lowest BCUT2D eigenvalue weighted by atomic mass is 9.93. The quantitative estimate of drug-likeness (QED) is 0.878. The third-order valence-corrected chi connectivity index (χ3v) is 4.89. The molecule has 1 amide bonds. The Hall–Kier alpha value is -1.55. The number of nitrogens with one attached hydrogen (secondary N) is 2. The van der Waals surface area contributed by atoms with Gasteiger partial charge in [0.1, 0.15) is 6.10 Å². The molecule has 0 saturated heterocycles. The number of alkyl carbamates (subject to hydrolysis) is 1. The van der Waals surface area contributed by atoms with Crippen molar-refractivity contribution in [2.24, 2.45) is 0 Å². The molecule has 2 fully saturated rings. The molecular weight excluding hydrogens is 300 g/mol. The second-order valence-corrected chi connectivity index (χ2v) is 8.28. The summed E-state index contributed by atoms with van der Waals surface area (Å²) in [5.41, 5.74) is 1.21. The fourth-order valence-electron chi connectivity index (χ4n) is 3.58. The van der Waals surface area contributed by atoms with Gasteiger partial charge in [0.05, 0.1) is 0 Å². The van der Waals surface area contributed by atoms with Gasteiger partial charge in [-0.2, -0.15) is 0 Å². The van der Waals surface area contributed by atoms with Gasteiger partial charge in [-0.15, -0.1) is 0 Å². The van der Waals surface area contributed by atoms with Crippen molar-refractivity contribution < 1.29 is 9.53 Å². The summed E-state index contributed by atoms with van der Waals surface area (Å²) in [5, 5.41) is 6.66. The second kappa shape index (κ2) is 7.14. The average Bonchev–Trinajstić information content (AvgIpc) is 3.27. The fourth-order valence-corrected chi connectivity index (χ4v) is 3.58. The average molecular weight is 330 g/mol. The van der Waals surface area contributed by atoms with Gasteiger partial charge in [-0.3, -0.25) is 0 Å². The van der Waals surface area contributed by atoms with E-state index < -0.39 is 0 Å². The molecule has 132 valence electrons. The first kappa shape index (κ1) is 17.3. The van der Waals surface area contributed by atoms with Crippen molar-refractivity contribution in [3.63, 3.8) is 0 Å². The summed E-state index contributed by atoms with van der Waals surface area (Å²) >= 11 is 0. The molecule has 0 radical (unpaired) electrons. The van der Waals surface area contributed by atoms with Crippen LogP contribution in [0.1, 0.15) is 64.4 Å². The maximum absolute atomic E-state index is 11.8. The third kappa shape index (κ3) is 4.97. The highest BCUT2D eigenvalue weighted by Gasteiger charge is 2.40. The maximum atomic E-state index is 11.8. The smallest absolute Gasteiger partial charge is 0.407 e. The fraction of sp³-hybridized carbons (Fsp3) is 0.650. The van der Waals surface area contributed by atoms with Gasteiger partial charge in [0.2, 0.25) is 0 Å². The summed E-state index contributed by atoms with van der Waals surface area (Å²) in [4.78, 5) is 11.8. The Balaban J connectivity index is 1.37. The van der Waals surface area contributed by atoms with Gasteiger partial charge in [-0.25, -0.2) is 4.79 Å². The van der Waals surface area contributed by atoms with E-state index in [-0.39, 0.29) is 17.7 Å². The lowest BCUT2D eigenvalue weighted by molar-refractivity contribution is 0.0639. The van der Waals surface area contributed by atoms with Crippen LogP contribution in [0.15, 0.2) is 30.3 Å². The lowest BCUT2D eigenvalue weighted by Crippen LogP contribution is -2.43. The first-order valence-electron chi connectivity index (χ1n) is 9.20. The van der Waals surface area contributed by atoms with Gasteiger partial charge in [0, 0.05) is 23.5 Å². The van der Waals surface area contributed by atoms with Crippen molar-refractivity contribution in [3.8, 4) is 0 Å². The molecule has 2 unspecified atom stereocenters. The molecule has 3 rings (SSSR count). The molecule has 2 atom stereocenters. The van der Waals surface area contributed by atoms with Gasteiger partial charge in [-0.05, 0) is 58.4 Å². The van der Waals surface area contributed by atoms with Crippen molar-refractivity contribution in [3.05, 3.63) is 35.9 Å². The summed E-state index contributed by atoms with van der Waals surface area (Å²) in [6, 6.07) is 12.0. The van der Waals surface area contributed by atoms with Crippen LogP contribution in [-0.4, -0.2) is 29.8 Å². The van der Waals surface area contributed by atoms with E-state index in [0.29, 0.717) is 18.0 Å². The molecule has 24 heavy (non-hydrogen) atoms. The number of ether oxygens (including phenoxy) is 1. The molecule has 2 aliphatic carbocycles. The van der Waals surface area contributed by atoms with Crippen molar-refractivity contribution in [2.45, 2.75) is 82.5 Å². The van der Waals surface area contributed by atoms with Crippen LogP contribution in [0.4, 0.5) is 4.79 Å². The molecule has 2 aliphatic rings. The van der Waals surface area contributed by atoms with Crippen LogP contribution in [0, 0.1) is 0 Å². The molecule has 4 heteroatoms. The first-order valence-corrected chi connectivity index (χ1v) is 9.20. The van der Waals surface area contributed by atoms with E-state index in [2.05, 4.69) is 41.0 Å². The second-order valence-electron chi connectivity index (χ2n) is 8.28. The van der Waals surface area contributed by atoms with Gasteiger partial charge >= 0.3 is 6.09 Å². The zero-order chi connectivity index (χ0) is 17.2. The van der Waals surface area contributed by atoms with Gasteiger partial charge in [0.15, 0.2) is 0 Å². The summed E-state index contributed by atoms with van der Waals surface area (Å²) in [6.45, 7) is 5.90. The molecular formula is C20H30N2O2. The third-order valence-electron chi connectivity index (χ3n) is 4.89. The summed E-state index contributed by atoms with van der Waals surface area (Å²) in [7, 11) is 0. The van der Waals surface area contributed by atoms with Crippen LogP contribution in [0.5, 0.6) is 0 Å². The summed E-state index contributed by atoms with van der Waals surface area (Å²) in [6.07, 6.45) is 5.11. The highest BCUT2D eigenvalue weighted by Crippen LogP contribution is 2.41. The van der Waals surface area contributed by atoms with Crippen LogP contribution in [0.2, 0.25) is 0 Å². The van der Waals surface area contributed by atoms with Crippen molar-refractivity contribution in [2.75, 3.05) is 0 Å². The number of rotatable bonds is 4. The summed E-state index contributed by atoms with van der Waals surface area (Å²) in [5.74, 6) is 0.678. The molecule has 0 aromatic heterocycles. The predicted molar refractivity (Wildman–Crippen MR) is 96.1 cm³/mol. The molecule has 0 aliphatic heterocycles. The lowest BCUT2D eigenvalue weighted by Gasteiger charge is -2.30. The predicted octanol–water partition coefficient (Wildman–Crippen LogP) is 3.97. The minimum atomic E-state index is -0.287. The minimum absolute atomic E-state index is 0.0644. The zero-order valence-corrected chi connectivity index (χ0v) is 15.0. The SMILES string of the molecule is CC(C)(C)NC(=O)OC1CCC(NC2CC2c2ccccc2)CC1. The van der Waals surface area contributed by atoms with Crippen LogP contribution in [0.3, 0.4) is 0 Å². The highest BCUT2D eigenvalue weighted by molar-refractivity contribution is 5.68. The molecule has 1 aromatic rings. The topological polar surface area (TPSA) is 50.4 Å². The molecule has 0 heterocycles. The molecule has 1 aromatic carbocycles. The Morgan fingerprint density at radius 3 is 2.38 bits per heavy atom. The monoisotopic (exact) mass is 330 g/mol. The largest absolute Gasteiger partial charge is 0.446 e. The van der Waals surface area contributed by atoms with Crippen LogP contribution < -0.4 is 10.6 Å². The number of benzene rings is 1. The number of amides is 1. The Bertz CT molecular complexity index is 545. The Labute approximate surface area is 145 Å². The van der Waals surface area contributed by atoms with E-state index in [9.17, 15) is 4.79 Å². The molecule has 2 saturated carbocycles. The number of carbonyl (C=O) groups excluding carboxylic acids is 1. The van der Waals surface area contributed by atoms with Crippen LogP contribution in [0.25, 0.3) is 0 Å². The zero-order valence-electron chi connectivity index (χ0n) is 15.0. The minimum Gasteiger partial charge on any atom is -0.446 e. The van der Waals surface area contributed by atoms with E-state index in [0.717, 1.165) is 25.7 Å². The molecule has 0 spiro atoms. The molecule has 0 bridgehead atoms. The maximum Gasteiger partial charge on any atom is 0.407 e. The highest BCUT2D eigenvalue weighted by atomic mass is 16.6. The van der Waals surface area contributed by atoms with Crippen molar-refractivity contribution in [1.82, 2.24) is 10.6 Å².